The summed E-state index contributed by atoms with van der Waals surface area (Å²) >= 11 is 0. The Labute approximate surface area is 111 Å². The third kappa shape index (κ3) is 2.57. The van der Waals surface area contributed by atoms with Crippen molar-refractivity contribution in [2.24, 2.45) is 19.8 Å². The van der Waals surface area contributed by atoms with Crippen LogP contribution in [0.1, 0.15) is 11.6 Å². The van der Waals surface area contributed by atoms with Crippen molar-refractivity contribution < 1.29 is 8.42 Å². The predicted molar refractivity (Wildman–Crippen MR) is 74.8 cm³/mol. The first-order valence-electron chi connectivity index (χ1n) is 5.79. The zero-order valence-electron chi connectivity index (χ0n) is 11.1. The third-order valence-corrected chi connectivity index (χ3v) is 4.17. The van der Waals surface area contributed by atoms with Crippen LogP contribution in [0.3, 0.4) is 0 Å². The van der Waals surface area contributed by atoms with Gasteiger partial charge in [-0.25, -0.2) is 13.2 Å². The van der Waals surface area contributed by atoms with Crippen LogP contribution in [-0.4, -0.2) is 29.6 Å². The number of hydrogen-bond donors (Lipinski definition) is 1. The van der Waals surface area contributed by atoms with Gasteiger partial charge in [-0.2, -0.15) is 0 Å². The summed E-state index contributed by atoms with van der Waals surface area (Å²) in [5.41, 5.74) is 8.02. The van der Waals surface area contributed by atoms with E-state index in [1.165, 1.54) is 4.57 Å². The normalized spacial score (nSPS) is 13.9. The number of hydrogen-bond acceptors (Lipinski definition) is 4. The molecular formula is C12H17N3O3S. The molecule has 7 heteroatoms. The van der Waals surface area contributed by atoms with E-state index in [1.54, 1.807) is 36.9 Å². The zero-order chi connectivity index (χ0) is 14.4. The number of fused-ring (bicyclic) bond motifs is 1. The minimum absolute atomic E-state index is 0.112. The first kappa shape index (κ1) is 13.8. The number of sulfone groups is 1. The smallest absolute Gasteiger partial charge is 0.323 e. The van der Waals surface area contributed by atoms with Crippen LogP contribution in [0.5, 0.6) is 0 Å². The van der Waals surface area contributed by atoms with Gasteiger partial charge in [0.05, 0.1) is 16.8 Å². The minimum Gasteiger partial charge on any atom is -0.323 e. The Morgan fingerprint density at radius 2 is 1.79 bits per heavy atom. The van der Waals surface area contributed by atoms with Crippen molar-refractivity contribution in [2.75, 3.05) is 12.0 Å². The van der Waals surface area contributed by atoms with Gasteiger partial charge in [-0.1, -0.05) is 6.07 Å². The second-order valence-corrected chi connectivity index (χ2v) is 7.03. The van der Waals surface area contributed by atoms with Gasteiger partial charge in [0.15, 0.2) is 0 Å². The standard InChI is InChI=1S/C12H17N3O3S/c1-14-10-5-4-8(9(13)7-19(3,17)18)6-11(10)15(2)12(14)16/h4-6,9H,7,13H2,1-3H3. The van der Waals surface area contributed by atoms with Gasteiger partial charge < -0.3 is 5.73 Å². The number of imidazole rings is 1. The first-order chi connectivity index (χ1) is 8.70. The van der Waals surface area contributed by atoms with Crippen LogP contribution in [0.25, 0.3) is 11.0 Å². The van der Waals surface area contributed by atoms with Crippen LogP contribution in [0, 0.1) is 0 Å². The van der Waals surface area contributed by atoms with E-state index in [4.69, 9.17) is 5.73 Å². The lowest BCUT2D eigenvalue weighted by Crippen LogP contribution is -2.21. The van der Waals surface area contributed by atoms with Crippen molar-refractivity contribution in [1.29, 1.82) is 0 Å². The highest BCUT2D eigenvalue weighted by Crippen LogP contribution is 2.19. The molecule has 2 aromatic rings. The molecule has 0 amide bonds. The highest BCUT2D eigenvalue weighted by Gasteiger charge is 2.15. The van der Waals surface area contributed by atoms with Gasteiger partial charge in [-0.05, 0) is 17.7 Å². The largest absolute Gasteiger partial charge is 0.328 e. The maximum atomic E-state index is 11.8. The lowest BCUT2D eigenvalue weighted by molar-refractivity contribution is 0.595. The summed E-state index contributed by atoms with van der Waals surface area (Å²) in [5, 5.41) is 0. The van der Waals surface area contributed by atoms with Crippen LogP contribution < -0.4 is 11.4 Å². The van der Waals surface area contributed by atoms with Crippen molar-refractivity contribution >= 4 is 20.9 Å². The molecule has 0 bridgehead atoms. The van der Waals surface area contributed by atoms with Gasteiger partial charge in [-0.15, -0.1) is 0 Å². The molecule has 6 nitrogen and oxygen atoms in total. The van der Waals surface area contributed by atoms with Crippen LogP contribution in [0.2, 0.25) is 0 Å². The molecule has 0 fully saturated rings. The molecule has 0 aliphatic carbocycles. The Morgan fingerprint density at radius 3 is 2.37 bits per heavy atom. The van der Waals surface area contributed by atoms with Crippen molar-refractivity contribution in [1.82, 2.24) is 9.13 Å². The number of aromatic nitrogens is 2. The summed E-state index contributed by atoms with van der Waals surface area (Å²) in [6.45, 7) is 0. The van der Waals surface area contributed by atoms with Crippen LogP contribution in [0.4, 0.5) is 0 Å². The third-order valence-electron chi connectivity index (χ3n) is 3.21. The van der Waals surface area contributed by atoms with E-state index in [2.05, 4.69) is 0 Å². The molecule has 0 saturated carbocycles. The number of aryl methyl sites for hydroxylation is 2. The molecule has 0 aliphatic rings. The second-order valence-electron chi connectivity index (χ2n) is 4.85. The van der Waals surface area contributed by atoms with Crippen molar-refractivity contribution in [3.63, 3.8) is 0 Å². The van der Waals surface area contributed by atoms with Gasteiger partial charge in [-0.3, -0.25) is 9.13 Å². The first-order valence-corrected chi connectivity index (χ1v) is 7.85. The molecule has 0 radical (unpaired) electrons. The van der Waals surface area contributed by atoms with E-state index in [0.717, 1.165) is 17.3 Å². The highest BCUT2D eigenvalue weighted by atomic mass is 32.2. The second kappa shape index (κ2) is 4.50. The molecule has 104 valence electrons. The fourth-order valence-corrected chi connectivity index (χ4v) is 3.02. The average Bonchev–Trinajstić information content (AvgIpc) is 2.52. The van der Waals surface area contributed by atoms with Gasteiger partial charge >= 0.3 is 5.69 Å². The van der Waals surface area contributed by atoms with E-state index in [1.807, 2.05) is 0 Å². The Bertz CT molecular complexity index is 786. The van der Waals surface area contributed by atoms with Crippen molar-refractivity contribution in [2.45, 2.75) is 6.04 Å². The Balaban J connectivity index is 2.53. The van der Waals surface area contributed by atoms with Gasteiger partial charge in [0, 0.05) is 26.4 Å². The lowest BCUT2D eigenvalue weighted by Gasteiger charge is -2.11. The monoisotopic (exact) mass is 283 g/mol. The molecule has 2 N–H and O–H groups in total. The minimum atomic E-state index is -3.14. The Kier molecular flexibility index (Phi) is 3.27. The quantitative estimate of drug-likeness (QED) is 0.853. The summed E-state index contributed by atoms with van der Waals surface area (Å²) < 4.78 is 25.6. The predicted octanol–water partition coefficient (Wildman–Crippen LogP) is -0.0786. The number of nitrogens with two attached hydrogens (primary N) is 1. The highest BCUT2D eigenvalue weighted by molar-refractivity contribution is 7.90. The fraction of sp³-hybridized carbons (Fsp3) is 0.417. The average molecular weight is 283 g/mol. The molecule has 0 saturated heterocycles. The molecule has 1 aromatic heterocycles. The van der Waals surface area contributed by atoms with E-state index in [-0.39, 0.29) is 11.4 Å². The SMILES string of the molecule is Cn1c(=O)n(C)c2cc(C(N)CS(C)(=O)=O)ccc21. The summed E-state index contributed by atoms with van der Waals surface area (Å²) in [7, 11) is 0.236. The molecule has 1 atom stereocenters. The number of rotatable bonds is 3. The van der Waals surface area contributed by atoms with Crippen LogP contribution >= 0.6 is 0 Å². The van der Waals surface area contributed by atoms with E-state index in [0.29, 0.717) is 5.56 Å². The Hall–Kier alpha value is -1.60. The molecule has 1 heterocycles. The summed E-state index contributed by atoms with van der Waals surface area (Å²) in [4.78, 5) is 11.8. The van der Waals surface area contributed by atoms with E-state index >= 15 is 0 Å². The van der Waals surface area contributed by atoms with Gasteiger partial charge in [0.25, 0.3) is 0 Å². The summed E-state index contributed by atoms with van der Waals surface area (Å²) in [5.74, 6) is -0.112. The number of nitrogens with zero attached hydrogens (tertiary/aromatic N) is 2. The van der Waals surface area contributed by atoms with Gasteiger partial charge in [0.1, 0.15) is 9.84 Å². The lowest BCUT2D eigenvalue weighted by atomic mass is 10.1. The van der Waals surface area contributed by atoms with Gasteiger partial charge in [0.2, 0.25) is 0 Å². The molecule has 2 rings (SSSR count). The molecule has 0 aliphatic heterocycles. The van der Waals surface area contributed by atoms with E-state index < -0.39 is 15.9 Å². The molecule has 1 aromatic carbocycles. The Morgan fingerprint density at radius 1 is 1.21 bits per heavy atom. The fourth-order valence-electron chi connectivity index (χ4n) is 2.18. The topological polar surface area (TPSA) is 87.1 Å². The van der Waals surface area contributed by atoms with Crippen LogP contribution in [0.15, 0.2) is 23.0 Å². The van der Waals surface area contributed by atoms with Crippen molar-refractivity contribution in [3.05, 3.63) is 34.2 Å². The number of benzene rings is 1. The van der Waals surface area contributed by atoms with E-state index in [9.17, 15) is 13.2 Å². The molecule has 19 heavy (non-hydrogen) atoms. The zero-order valence-corrected chi connectivity index (χ0v) is 11.9. The van der Waals surface area contributed by atoms with Crippen molar-refractivity contribution in [3.8, 4) is 0 Å². The molecular weight excluding hydrogens is 266 g/mol. The molecule has 1 unspecified atom stereocenters. The maximum absolute atomic E-state index is 11.8. The molecule has 0 spiro atoms. The summed E-state index contributed by atoms with van der Waals surface area (Å²) in [6.07, 6.45) is 1.16. The van der Waals surface area contributed by atoms with Crippen LogP contribution in [-0.2, 0) is 23.9 Å². The maximum Gasteiger partial charge on any atom is 0.328 e. The summed E-state index contributed by atoms with van der Waals surface area (Å²) in [6, 6.07) is 4.73.